The number of aromatic amines is 1. The molecule has 1 aromatic heterocycles. The quantitative estimate of drug-likeness (QED) is 0.345. The third kappa shape index (κ3) is 3.40. The van der Waals surface area contributed by atoms with Gasteiger partial charge in [-0.2, -0.15) is 5.10 Å². The number of carbonyl (C=O) groups excluding carboxylic acids is 1. The molecule has 0 spiro atoms. The molecule has 1 amide bonds. The molecule has 9 heteroatoms. The van der Waals surface area contributed by atoms with E-state index in [1.165, 1.54) is 18.2 Å². The van der Waals surface area contributed by atoms with Gasteiger partial charge in [0.05, 0.1) is 11.8 Å². The Morgan fingerprint density at radius 3 is 2.71 bits per heavy atom. The fraction of sp³-hybridized carbons (Fsp3) is 0.0667. The van der Waals surface area contributed by atoms with Gasteiger partial charge in [0.25, 0.3) is 11.5 Å². The van der Waals surface area contributed by atoms with Crippen LogP contribution in [0.25, 0.3) is 0 Å². The number of phenolic OH excluding ortho intramolecular Hbond substituents is 1. The molecule has 0 unspecified atom stereocenters. The Morgan fingerprint density at radius 2 is 2.04 bits per heavy atom. The molecule has 1 heterocycles. The van der Waals surface area contributed by atoms with Gasteiger partial charge in [0.1, 0.15) is 11.3 Å². The van der Waals surface area contributed by atoms with E-state index in [2.05, 4.69) is 17.1 Å². The van der Waals surface area contributed by atoms with Gasteiger partial charge in [-0.3, -0.25) is 19.1 Å². The van der Waals surface area contributed by atoms with Crippen LogP contribution in [0.2, 0.25) is 0 Å². The molecule has 4 N–H and O–H groups in total. The lowest BCUT2D eigenvalue weighted by Crippen LogP contribution is -2.32. The van der Waals surface area contributed by atoms with Crippen LogP contribution in [0.5, 0.6) is 11.6 Å². The van der Waals surface area contributed by atoms with Crippen molar-refractivity contribution >= 4 is 12.1 Å². The summed E-state index contributed by atoms with van der Waals surface area (Å²) in [6.07, 6.45) is 2.26. The molecule has 1 aromatic carbocycles. The number of hydrogen-bond donors (Lipinski definition) is 4. The Labute approximate surface area is 135 Å². The zero-order chi connectivity index (χ0) is 17.7. The van der Waals surface area contributed by atoms with E-state index < -0.39 is 23.0 Å². The van der Waals surface area contributed by atoms with E-state index in [1.807, 2.05) is 4.98 Å². The van der Waals surface area contributed by atoms with Gasteiger partial charge < -0.3 is 10.2 Å². The SMILES string of the molecule is C=CCn1c(O)c(C=NNC(=O)c2ccccc2O)c(=O)[nH]c1=O. The highest BCUT2D eigenvalue weighted by Crippen LogP contribution is 2.15. The van der Waals surface area contributed by atoms with Crippen LogP contribution in [-0.4, -0.2) is 31.9 Å². The number of amides is 1. The number of aromatic nitrogens is 2. The molecule has 0 bridgehead atoms. The maximum Gasteiger partial charge on any atom is 0.331 e. The zero-order valence-corrected chi connectivity index (χ0v) is 12.4. The first kappa shape index (κ1) is 16.7. The van der Waals surface area contributed by atoms with Crippen LogP contribution >= 0.6 is 0 Å². The second-order valence-corrected chi connectivity index (χ2v) is 4.61. The van der Waals surface area contributed by atoms with Crippen molar-refractivity contribution in [1.82, 2.24) is 15.0 Å². The van der Waals surface area contributed by atoms with E-state index in [4.69, 9.17) is 0 Å². The van der Waals surface area contributed by atoms with Crippen LogP contribution in [0.4, 0.5) is 0 Å². The Bertz CT molecular complexity index is 926. The van der Waals surface area contributed by atoms with Crippen molar-refractivity contribution in [3.63, 3.8) is 0 Å². The molecule has 0 fully saturated rings. The van der Waals surface area contributed by atoms with Gasteiger partial charge in [-0.05, 0) is 12.1 Å². The fourth-order valence-corrected chi connectivity index (χ4v) is 1.87. The summed E-state index contributed by atoms with van der Waals surface area (Å²) in [5, 5.41) is 23.1. The van der Waals surface area contributed by atoms with Gasteiger partial charge in [-0.1, -0.05) is 18.2 Å². The Kier molecular flexibility index (Phi) is 4.95. The predicted molar refractivity (Wildman–Crippen MR) is 86.4 cm³/mol. The van der Waals surface area contributed by atoms with Gasteiger partial charge >= 0.3 is 5.69 Å². The van der Waals surface area contributed by atoms with E-state index in [0.29, 0.717) is 0 Å². The predicted octanol–water partition coefficient (Wildman–Crippen LogP) is -0.102. The molecule has 0 radical (unpaired) electrons. The number of benzene rings is 1. The molecule has 0 aliphatic rings. The van der Waals surface area contributed by atoms with Gasteiger partial charge in [0.15, 0.2) is 0 Å². The number of nitrogens with one attached hydrogen (secondary N) is 2. The Balaban J connectivity index is 2.27. The van der Waals surface area contributed by atoms with Crippen LogP contribution in [-0.2, 0) is 6.54 Å². The van der Waals surface area contributed by atoms with Crippen LogP contribution in [0, 0.1) is 0 Å². The summed E-state index contributed by atoms with van der Waals surface area (Å²) >= 11 is 0. The van der Waals surface area contributed by atoms with E-state index in [0.717, 1.165) is 10.8 Å². The average molecular weight is 330 g/mol. The summed E-state index contributed by atoms with van der Waals surface area (Å²) in [5.41, 5.74) is 0.126. The highest BCUT2D eigenvalue weighted by Gasteiger charge is 2.12. The number of hydrogen-bond acceptors (Lipinski definition) is 6. The van der Waals surface area contributed by atoms with Crippen LogP contribution < -0.4 is 16.7 Å². The lowest BCUT2D eigenvalue weighted by atomic mass is 10.2. The number of aromatic hydroxyl groups is 2. The fourth-order valence-electron chi connectivity index (χ4n) is 1.87. The molecule has 2 rings (SSSR count). The zero-order valence-electron chi connectivity index (χ0n) is 12.4. The van der Waals surface area contributed by atoms with Crippen LogP contribution in [0.1, 0.15) is 15.9 Å². The normalized spacial score (nSPS) is 10.7. The molecular weight excluding hydrogens is 316 g/mol. The molecule has 2 aromatic rings. The van der Waals surface area contributed by atoms with Crippen molar-refractivity contribution < 1.29 is 15.0 Å². The molecule has 0 aliphatic carbocycles. The molecule has 24 heavy (non-hydrogen) atoms. The minimum Gasteiger partial charge on any atom is -0.507 e. The first-order chi connectivity index (χ1) is 11.5. The second-order valence-electron chi connectivity index (χ2n) is 4.61. The average Bonchev–Trinajstić information content (AvgIpc) is 2.54. The molecular formula is C15H14N4O5. The van der Waals surface area contributed by atoms with E-state index in [9.17, 15) is 24.6 Å². The monoisotopic (exact) mass is 330 g/mol. The highest BCUT2D eigenvalue weighted by molar-refractivity contribution is 5.97. The summed E-state index contributed by atoms with van der Waals surface area (Å²) in [6, 6.07) is 5.82. The van der Waals surface area contributed by atoms with E-state index in [-0.39, 0.29) is 23.4 Å². The van der Waals surface area contributed by atoms with Crippen molar-refractivity contribution in [1.29, 1.82) is 0 Å². The molecule has 124 valence electrons. The number of carbonyl (C=O) groups is 1. The van der Waals surface area contributed by atoms with Gasteiger partial charge in [0, 0.05) is 6.54 Å². The number of phenols is 1. The van der Waals surface area contributed by atoms with E-state index in [1.54, 1.807) is 12.1 Å². The Hall–Kier alpha value is -3.62. The summed E-state index contributed by atoms with van der Waals surface area (Å²) in [6.45, 7) is 3.42. The van der Waals surface area contributed by atoms with Gasteiger partial charge in [-0.15, -0.1) is 6.58 Å². The first-order valence-electron chi connectivity index (χ1n) is 6.74. The number of para-hydroxylation sites is 1. The summed E-state index contributed by atoms with van der Waals surface area (Å²) in [4.78, 5) is 37.1. The number of nitrogens with zero attached hydrogens (tertiary/aromatic N) is 2. The third-order valence-corrected chi connectivity index (χ3v) is 3.03. The molecule has 0 atom stereocenters. The number of hydrazone groups is 1. The number of rotatable bonds is 5. The third-order valence-electron chi connectivity index (χ3n) is 3.03. The highest BCUT2D eigenvalue weighted by atomic mass is 16.3. The maximum absolute atomic E-state index is 11.8. The minimum absolute atomic E-state index is 0.00981. The van der Waals surface area contributed by atoms with Crippen LogP contribution in [0.15, 0.2) is 51.6 Å². The van der Waals surface area contributed by atoms with Gasteiger partial charge in [0.2, 0.25) is 5.88 Å². The standard InChI is InChI=1S/C15H14N4O5/c1-2-7-19-14(23)10(12(21)17-15(19)24)8-16-18-13(22)9-5-3-4-6-11(9)20/h2-6,8,20,23H,1,7H2,(H,18,22)(H,17,21,24). The summed E-state index contributed by atoms with van der Waals surface area (Å²) in [7, 11) is 0. The molecule has 9 nitrogen and oxygen atoms in total. The number of allylic oxidation sites excluding steroid dienone is 1. The summed E-state index contributed by atoms with van der Waals surface area (Å²) in [5.74, 6) is -1.55. The number of H-pyrrole nitrogens is 1. The van der Waals surface area contributed by atoms with Gasteiger partial charge in [-0.25, -0.2) is 10.2 Å². The topological polar surface area (TPSA) is 137 Å². The summed E-state index contributed by atoms with van der Waals surface area (Å²) < 4.78 is 0.876. The Morgan fingerprint density at radius 1 is 1.33 bits per heavy atom. The van der Waals surface area contributed by atoms with Crippen molar-refractivity contribution in [2.45, 2.75) is 6.54 Å². The lowest BCUT2D eigenvalue weighted by molar-refractivity contribution is 0.0952. The molecule has 0 saturated heterocycles. The first-order valence-corrected chi connectivity index (χ1v) is 6.74. The lowest BCUT2D eigenvalue weighted by Gasteiger charge is -2.06. The van der Waals surface area contributed by atoms with Crippen molar-refractivity contribution in [2.75, 3.05) is 0 Å². The van der Waals surface area contributed by atoms with E-state index >= 15 is 0 Å². The molecule has 0 aliphatic heterocycles. The van der Waals surface area contributed by atoms with Crippen molar-refractivity contribution in [3.05, 3.63) is 68.9 Å². The molecule has 0 saturated carbocycles. The maximum atomic E-state index is 11.8. The largest absolute Gasteiger partial charge is 0.507 e. The minimum atomic E-state index is -0.863. The van der Waals surface area contributed by atoms with Crippen LogP contribution in [0.3, 0.4) is 0 Å². The smallest absolute Gasteiger partial charge is 0.331 e. The second kappa shape index (κ2) is 7.09. The van der Waals surface area contributed by atoms with Crippen molar-refractivity contribution in [3.8, 4) is 11.6 Å². The van der Waals surface area contributed by atoms with Crippen molar-refractivity contribution in [2.24, 2.45) is 5.10 Å².